The first-order chi connectivity index (χ1) is 25.1. The van der Waals surface area contributed by atoms with Gasteiger partial charge in [0.1, 0.15) is 17.3 Å². The lowest BCUT2D eigenvalue weighted by molar-refractivity contribution is -0.572. The van der Waals surface area contributed by atoms with Gasteiger partial charge in [-0.25, -0.2) is 4.98 Å². The van der Waals surface area contributed by atoms with Crippen molar-refractivity contribution < 1.29 is 9.30 Å². The fourth-order valence-electron chi connectivity index (χ4n) is 7.06. The van der Waals surface area contributed by atoms with Gasteiger partial charge in [-0.2, -0.15) is 0 Å². The maximum atomic E-state index is 6.60. The van der Waals surface area contributed by atoms with Gasteiger partial charge in [0.25, 0.3) is 6.33 Å². The number of para-hydroxylation sites is 1. The van der Waals surface area contributed by atoms with Crippen molar-refractivity contribution in [2.75, 3.05) is 0 Å². The average Bonchev–Trinajstić information content (AvgIpc) is 3.66. The van der Waals surface area contributed by atoms with Crippen LogP contribution >= 0.6 is 0 Å². The van der Waals surface area contributed by atoms with Crippen LogP contribution in [0.3, 0.4) is 0 Å². The van der Waals surface area contributed by atoms with E-state index in [4.69, 9.17) is 9.72 Å². The van der Waals surface area contributed by atoms with E-state index in [-0.39, 0.29) is 16.2 Å². The second-order valence-corrected chi connectivity index (χ2v) is 17.2. The summed E-state index contributed by atoms with van der Waals surface area (Å²) in [5.41, 5.74) is 9.96. The Hall–Kier alpha value is -5.75. The maximum Gasteiger partial charge on any atom is 0.269 e. The normalized spacial score (nSPS) is 12.6. The minimum Gasteiger partial charge on any atom is -0.456 e. The Balaban J connectivity index is 1.22. The summed E-state index contributed by atoms with van der Waals surface area (Å²) in [6.45, 7) is 20.2. The highest BCUT2D eigenvalue weighted by atomic mass is 16.5. The lowest BCUT2D eigenvalue weighted by Gasteiger charge is -2.21. The Morgan fingerprint density at radius 1 is 0.585 bits per heavy atom. The number of fused-ring (bicyclic) bond motifs is 4. The van der Waals surface area contributed by atoms with E-state index in [2.05, 4.69) is 178 Å². The monoisotopic (exact) mass is 697 g/mol. The molecule has 4 heterocycles. The van der Waals surface area contributed by atoms with Gasteiger partial charge in [-0.05, 0) is 87.5 Å². The molecule has 0 aliphatic carbocycles. The zero-order valence-corrected chi connectivity index (χ0v) is 32.2. The minimum atomic E-state index is -0.00501. The molecule has 266 valence electrons. The van der Waals surface area contributed by atoms with Crippen molar-refractivity contribution in [2.24, 2.45) is 0 Å². The van der Waals surface area contributed by atoms with E-state index in [1.807, 2.05) is 24.5 Å². The van der Waals surface area contributed by atoms with Crippen molar-refractivity contribution in [3.8, 4) is 28.7 Å². The topological polar surface area (TPSA) is 48.8 Å². The highest BCUT2D eigenvalue weighted by Crippen LogP contribution is 2.36. The third kappa shape index (κ3) is 6.37. The molecule has 0 aliphatic rings. The first kappa shape index (κ1) is 34.3. The summed E-state index contributed by atoms with van der Waals surface area (Å²) in [4.78, 5) is 9.50. The van der Waals surface area contributed by atoms with Crippen LogP contribution in [0.2, 0.25) is 0 Å². The number of nitrogens with zero attached hydrogens (tertiary/aromatic N) is 5. The molecular weight excluding hydrogens is 651 g/mol. The molecule has 4 aromatic carbocycles. The molecule has 8 rings (SSSR count). The number of ether oxygens (including phenoxy) is 1. The molecule has 0 aliphatic heterocycles. The van der Waals surface area contributed by atoms with Crippen molar-refractivity contribution in [1.82, 2.24) is 19.1 Å². The van der Waals surface area contributed by atoms with Gasteiger partial charge < -0.3 is 4.74 Å². The fourth-order valence-corrected chi connectivity index (χ4v) is 7.06. The zero-order valence-electron chi connectivity index (χ0n) is 32.2. The standard InChI is InChI=1S/C47H47N5O/c1-45(2,3)31-13-12-14-34(23-31)50-30-51(41-20-17-32(24-43(41)50)46(4,5)6)35-26-37(29-48-28-35)53-36-18-19-39-38-15-10-11-16-40(38)52(42(39)27-36)44-25-33(21-22-49-44)47(7,8)9/h10-29H,1-9H3. The smallest absolute Gasteiger partial charge is 0.269 e. The molecule has 0 saturated carbocycles. The molecule has 0 unspecified atom stereocenters. The molecular formula is C47H47N5O. The largest absolute Gasteiger partial charge is 0.456 e. The van der Waals surface area contributed by atoms with Crippen LogP contribution in [-0.2, 0) is 16.2 Å². The molecule has 0 spiro atoms. The molecule has 6 nitrogen and oxygen atoms in total. The molecule has 0 amide bonds. The van der Waals surface area contributed by atoms with Crippen LogP contribution in [0.25, 0.3) is 50.0 Å². The van der Waals surface area contributed by atoms with E-state index in [1.54, 1.807) is 6.20 Å². The number of hydrogen-bond donors (Lipinski definition) is 0. The summed E-state index contributed by atoms with van der Waals surface area (Å²) in [6, 6.07) is 36.6. The van der Waals surface area contributed by atoms with E-state index >= 15 is 0 Å². The Labute approximate surface area is 312 Å². The highest BCUT2D eigenvalue weighted by Gasteiger charge is 2.21. The molecule has 0 fully saturated rings. The minimum absolute atomic E-state index is 0.00414. The lowest BCUT2D eigenvalue weighted by Crippen LogP contribution is -2.30. The number of pyridine rings is 2. The predicted molar refractivity (Wildman–Crippen MR) is 216 cm³/mol. The Bertz CT molecular complexity index is 2660. The lowest BCUT2D eigenvalue weighted by atomic mass is 9.86. The van der Waals surface area contributed by atoms with Crippen molar-refractivity contribution >= 4 is 32.8 Å². The number of imidazole rings is 1. The van der Waals surface area contributed by atoms with Gasteiger partial charge in [-0.1, -0.05) is 105 Å². The number of benzene rings is 4. The van der Waals surface area contributed by atoms with Crippen molar-refractivity contribution in [1.29, 1.82) is 0 Å². The highest BCUT2D eigenvalue weighted by molar-refractivity contribution is 6.09. The SMILES string of the molecule is CC(C)(C)c1cccc(-[n+]2[c-]n(-c3cncc(Oc4ccc5c6ccccc6n(-c6cc(C(C)(C)C)ccn6)c5c4)c3)c3ccc(C(C)(C)C)cc32)c1. The molecule has 0 radical (unpaired) electrons. The van der Waals surface area contributed by atoms with Crippen LogP contribution in [0.4, 0.5) is 0 Å². The average molecular weight is 698 g/mol. The third-order valence-electron chi connectivity index (χ3n) is 10.2. The quantitative estimate of drug-likeness (QED) is 0.133. The van der Waals surface area contributed by atoms with Crippen molar-refractivity contribution in [2.45, 2.75) is 78.6 Å². The first-order valence-corrected chi connectivity index (χ1v) is 18.4. The van der Waals surface area contributed by atoms with E-state index < -0.39 is 0 Å². The Morgan fingerprint density at radius 3 is 2.08 bits per heavy atom. The van der Waals surface area contributed by atoms with E-state index in [9.17, 15) is 0 Å². The van der Waals surface area contributed by atoms with Gasteiger partial charge in [-0.15, -0.1) is 0 Å². The van der Waals surface area contributed by atoms with Crippen molar-refractivity contribution in [3.05, 3.63) is 145 Å². The van der Waals surface area contributed by atoms with Gasteiger partial charge in [0, 0.05) is 29.2 Å². The van der Waals surface area contributed by atoms with E-state index in [1.165, 1.54) is 22.1 Å². The summed E-state index contributed by atoms with van der Waals surface area (Å²) >= 11 is 0. The molecule has 0 bridgehead atoms. The summed E-state index contributed by atoms with van der Waals surface area (Å²) in [7, 11) is 0. The van der Waals surface area contributed by atoms with Crippen LogP contribution in [0.5, 0.6) is 11.5 Å². The van der Waals surface area contributed by atoms with Crippen LogP contribution in [0, 0.1) is 6.33 Å². The molecule has 53 heavy (non-hydrogen) atoms. The molecule has 8 aromatic rings. The van der Waals surface area contributed by atoms with Gasteiger partial charge in [0.2, 0.25) is 0 Å². The fraction of sp³-hybridized carbons (Fsp3) is 0.255. The molecule has 0 saturated heterocycles. The van der Waals surface area contributed by atoms with Crippen molar-refractivity contribution in [3.63, 3.8) is 0 Å². The van der Waals surface area contributed by atoms with Crippen LogP contribution in [0.1, 0.15) is 79.0 Å². The van der Waals surface area contributed by atoms with Gasteiger partial charge in [0.15, 0.2) is 0 Å². The summed E-state index contributed by atoms with van der Waals surface area (Å²) < 4.78 is 13.1. The molecule has 4 aromatic heterocycles. The number of aromatic nitrogens is 5. The number of hydrogen-bond acceptors (Lipinski definition) is 3. The Kier molecular flexibility index (Phi) is 8.06. The second-order valence-electron chi connectivity index (χ2n) is 17.2. The zero-order chi connectivity index (χ0) is 37.3. The number of rotatable bonds is 5. The van der Waals surface area contributed by atoms with Gasteiger partial charge in [0.05, 0.1) is 39.6 Å². The first-order valence-electron chi connectivity index (χ1n) is 18.4. The Morgan fingerprint density at radius 2 is 1.30 bits per heavy atom. The summed E-state index contributed by atoms with van der Waals surface area (Å²) in [6.07, 6.45) is 9.22. The predicted octanol–water partition coefficient (Wildman–Crippen LogP) is 11.3. The summed E-state index contributed by atoms with van der Waals surface area (Å²) in [5.74, 6) is 2.24. The maximum absolute atomic E-state index is 6.60. The van der Waals surface area contributed by atoms with Crippen LogP contribution < -0.4 is 9.30 Å². The molecule has 0 N–H and O–H groups in total. The summed E-state index contributed by atoms with van der Waals surface area (Å²) in [5, 5.41) is 2.32. The van der Waals surface area contributed by atoms with E-state index in [0.29, 0.717) is 5.75 Å². The van der Waals surface area contributed by atoms with Crippen LogP contribution in [0.15, 0.2) is 122 Å². The van der Waals surface area contributed by atoms with Gasteiger partial charge in [-0.3, -0.25) is 18.7 Å². The second kappa shape index (κ2) is 12.4. The van der Waals surface area contributed by atoms with Gasteiger partial charge >= 0.3 is 0 Å². The third-order valence-corrected chi connectivity index (χ3v) is 10.2. The van der Waals surface area contributed by atoms with Crippen LogP contribution in [-0.4, -0.2) is 19.1 Å². The van der Waals surface area contributed by atoms with E-state index in [0.717, 1.165) is 50.4 Å². The molecule has 0 atom stereocenters. The molecule has 6 heteroatoms.